The first kappa shape index (κ1) is 16.5. The van der Waals surface area contributed by atoms with Crippen molar-refractivity contribution < 1.29 is 14.3 Å². The molecule has 0 aliphatic rings. The van der Waals surface area contributed by atoms with Crippen LogP contribution in [0, 0.1) is 5.92 Å². The van der Waals surface area contributed by atoms with Crippen molar-refractivity contribution in [1.82, 2.24) is 0 Å². The maximum absolute atomic E-state index is 11.4. The van der Waals surface area contributed by atoms with Crippen LogP contribution in [0.3, 0.4) is 0 Å². The van der Waals surface area contributed by atoms with Gasteiger partial charge in [0.15, 0.2) is 0 Å². The number of amides is 2. The molecule has 0 saturated carbocycles. The molecule has 0 fully saturated rings. The summed E-state index contributed by atoms with van der Waals surface area (Å²) in [4.78, 5) is 22.4. The first-order valence-corrected chi connectivity index (χ1v) is 7.31. The molecular weight excluding hydrogens is 292 g/mol. The fourth-order valence-corrected chi connectivity index (χ4v) is 2.50. The summed E-state index contributed by atoms with van der Waals surface area (Å²) in [5, 5.41) is 0. The molecule has 0 spiro atoms. The minimum Gasteiger partial charge on any atom is -0.496 e. The van der Waals surface area contributed by atoms with E-state index in [1.807, 2.05) is 48.5 Å². The number of methoxy groups -OCH3 is 1. The van der Waals surface area contributed by atoms with Gasteiger partial charge in [-0.15, -0.1) is 0 Å². The Morgan fingerprint density at radius 3 is 2.26 bits per heavy atom. The van der Waals surface area contributed by atoms with Crippen LogP contribution >= 0.6 is 0 Å². The van der Waals surface area contributed by atoms with E-state index in [1.165, 1.54) is 0 Å². The molecule has 2 aromatic carbocycles. The van der Waals surface area contributed by atoms with Crippen LogP contribution in [0.15, 0.2) is 48.5 Å². The number of primary amides is 2. The second kappa shape index (κ2) is 7.45. The van der Waals surface area contributed by atoms with Crippen molar-refractivity contribution in [3.05, 3.63) is 54.1 Å². The molecule has 1 atom stereocenters. The number of benzene rings is 2. The predicted octanol–water partition coefficient (Wildman–Crippen LogP) is 1.88. The molecule has 5 nitrogen and oxygen atoms in total. The van der Waals surface area contributed by atoms with Gasteiger partial charge in [0, 0.05) is 12.0 Å². The van der Waals surface area contributed by atoms with Crippen LogP contribution in [0.5, 0.6) is 5.75 Å². The Bertz CT molecular complexity index is 696. The number of hydrogen-bond acceptors (Lipinski definition) is 3. The normalized spacial score (nSPS) is 11.7. The zero-order chi connectivity index (χ0) is 16.8. The third-order valence-corrected chi connectivity index (χ3v) is 3.70. The van der Waals surface area contributed by atoms with Gasteiger partial charge in [-0.3, -0.25) is 9.59 Å². The summed E-state index contributed by atoms with van der Waals surface area (Å²) in [7, 11) is 1.63. The summed E-state index contributed by atoms with van der Waals surface area (Å²) in [6, 6.07) is 15.5. The van der Waals surface area contributed by atoms with Crippen molar-refractivity contribution in [2.45, 2.75) is 12.8 Å². The minimum atomic E-state index is -0.579. The van der Waals surface area contributed by atoms with Crippen molar-refractivity contribution in [3.63, 3.8) is 0 Å². The summed E-state index contributed by atoms with van der Waals surface area (Å²) >= 11 is 0. The molecule has 23 heavy (non-hydrogen) atoms. The van der Waals surface area contributed by atoms with Crippen LogP contribution in [0.25, 0.3) is 11.1 Å². The fraction of sp³-hybridized carbons (Fsp3) is 0.222. The number of carbonyl (C=O) groups is 2. The standard InChI is InChI=1S/C18H20N2O3/c1-23-16-5-3-2-4-15(16)13-8-6-12(7-9-13)10-14(18(20)22)11-17(19)21/h2-9,14H,10-11H2,1H3,(H2,19,21)(H2,20,22). The van der Waals surface area contributed by atoms with Crippen molar-refractivity contribution >= 4 is 11.8 Å². The first-order valence-electron chi connectivity index (χ1n) is 7.31. The van der Waals surface area contributed by atoms with E-state index in [1.54, 1.807) is 7.11 Å². The Kier molecular flexibility index (Phi) is 5.36. The van der Waals surface area contributed by atoms with Gasteiger partial charge in [-0.1, -0.05) is 42.5 Å². The molecule has 4 N–H and O–H groups in total. The number of rotatable bonds is 7. The van der Waals surface area contributed by atoms with E-state index >= 15 is 0 Å². The summed E-state index contributed by atoms with van der Waals surface area (Å²) in [5.74, 6) is -0.828. The van der Waals surface area contributed by atoms with Crippen molar-refractivity contribution in [2.75, 3.05) is 7.11 Å². The van der Waals surface area contributed by atoms with Crippen molar-refractivity contribution in [1.29, 1.82) is 0 Å². The van der Waals surface area contributed by atoms with Crippen LogP contribution in [-0.2, 0) is 16.0 Å². The minimum absolute atomic E-state index is 0.0381. The van der Waals surface area contributed by atoms with Crippen LogP contribution in [-0.4, -0.2) is 18.9 Å². The van der Waals surface area contributed by atoms with Crippen molar-refractivity contribution in [2.24, 2.45) is 17.4 Å². The molecule has 2 aromatic rings. The second-order valence-corrected chi connectivity index (χ2v) is 5.37. The third-order valence-electron chi connectivity index (χ3n) is 3.70. The van der Waals surface area contributed by atoms with Crippen LogP contribution in [0.2, 0.25) is 0 Å². The number of para-hydroxylation sites is 1. The van der Waals surface area contributed by atoms with E-state index in [0.717, 1.165) is 22.4 Å². The van der Waals surface area contributed by atoms with E-state index < -0.39 is 17.7 Å². The summed E-state index contributed by atoms with van der Waals surface area (Å²) in [6.07, 6.45) is 0.355. The molecule has 0 aromatic heterocycles. The Hall–Kier alpha value is -2.82. The number of hydrogen-bond donors (Lipinski definition) is 2. The molecule has 2 amide bonds. The van der Waals surface area contributed by atoms with Gasteiger partial charge in [-0.2, -0.15) is 0 Å². The number of carbonyl (C=O) groups excluding carboxylic acids is 2. The molecule has 5 heteroatoms. The number of nitrogens with two attached hydrogens (primary N) is 2. The van der Waals surface area contributed by atoms with Crippen LogP contribution < -0.4 is 16.2 Å². The number of ether oxygens (including phenoxy) is 1. The maximum Gasteiger partial charge on any atom is 0.221 e. The average molecular weight is 312 g/mol. The lowest BCUT2D eigenvalue weighted by atomic mass is 9.94. The monoisotopic (exact) mass is 312 g/mol. The van der Waals surface area contributed by atoms with Gasteiger partial charge in [0.2, 0.25) is 11.8 Å². The summed E-state index contributed by atoms with van der Waals surface area (Å²) in [6.45, 7) is 0. The highest BCUT2D eigenvalue weighted by Crippen LogP contribution is 2.29. The molecular formula is C18H20N2O3. The second-order valence-electron chi connectivity index (χ2n) is 5.37. The van der Waals surface area contributed by atoms with E-state index in [-0.39, 0.29) is 6.42 Å². The van der Waals surface area contributed by atoms with Gasteiger partial charge >= 0.3 is 0 Å². The quantitative estimate of drug-likeness (QED) is 0.817. The van der Waals surface area contributed by atoms with Gasteiger partial charge in [0.1, 0.15) is 5.75 Å². The Morgan fingerprint density at radius 2 is 1.70 bits per heavy atom. The summed E-state index contributed by atoms with van der Waals surface area (Å²) in [5.41, 5.74) is 13.4. The highest BCUT2D eigenvalue weighted by atomic mass is 16.5. The molecule has 2 rings (SSSR count). The lowest BCUT2D eigenvalue weighted by Crippen LogP contribution is -2.29. The smallest absolute Gasteiger partial charge is 0.221 e. The lowest BCUT2D eigenvalue weighted by Gasteiger charge is -2.12. The van der Waals surface area contributed by atoms with Gasteiger partial charge in [-0.25, -0.2) is 0 Å². The van der Waals surface area contributed by atoms with Gasteiger partial charge in [0.05, 0.1) is 13.0 Å². The molecule has 120 valence electrons. The summed E-state index contributed by atoms with van der Waals surface area (Å²) < 4.78 is 5.36. The molecule has 0 radical (unpaired) electrons. The van der Waals surface area contributed by atoms with Gasteiger partial charge in [0.25, 0.3) is 0 Å². The Balaban J connectivity index is 2.19. The van der Waals surface area contributed by atoms with Gasteiger partial charge in [-0.05, 0) is 23.6 Å². The molecule has 0 aliphatic heterocycles. The first-order chi connectivity index (χ1) is 11.0. The maximum atomic E-state index is 11.4. The molecule has 0 heterocycles. The molecule has 0 saturated heterocycles. The molecule has 0 aliphatic carbocycles. The van der Waals surface area contributed by atoms with Crippen LogP contribution in [0.1, 0.15) is 12.0 Å². The fourth-order valence-electron chi connectivity index (χ4n) is 2.50. The zero-order valence-electron chi connectivity index (χ0n) is 13.0. The SMILES string of the molecule is COc1ccccc1-c1ccc(CC(CC(N)=O)C(N)=O)cc1. The van der Waals surface area contributed by atoms with Gasteiger partial charge < -0.3 is 16.2 Å². The largest absolute Gasteiger partial charge is 0.496 e. The highest BCUT2D eigenvalue weighted by molar-refractivity contribution is 5.84. The van der Waals surface area contributed by atoms with E-state index in [2.05, 4.69) is 0 Å². The zero-order valence-corrected chi connectivity index (χ0v) is 13.0. The Labute approximate surface area is 135 Å². The highest BCUT2D eigenvalue weighted by Gasteiger charge is 2.18. The van der Waals surface area contributed by atoms with E-state index in [9.17, 15) is 9.59 Å². The molecule has 0 bridgehead atoms. The Morgan fingerprint density at radius 1 is 1.04 bits per heavy atom. The topological polar surface area (TPSA) is 95.4 Å². The molecule has 1 unspecified atom stereocenters. The average Bonchev–Trinajstić information content (AvgIpc) is 2.54. The lowest BCUT2D eigenvalue weighted by molar-refractivity contribution is -0.126. The van der Waals surface area contributed by atoms with E-state index in [0.29, 0.717) is 6.42 Å². The van der Waals surface area contributed by atoms with Crippen LogP contribution in [0.4, 0.5) is 0 Å². The third kappa shape index (κ3) is 4.32. The van der Waals surface area contributed by atoms with E-state index in [4.69, 9.17) is 16.2 Å². The van der Waals surface area contributed by atoms with Crippen molar-refractivity contribution in [3.8, 4) is 16.9 Å². The predicted molar refractivity (Wildman–Crippen MR) is 88.6 cm³/mol.